The molecule has 1 N–H and O–H groups in total. The van der Waals surface area contributed by atoms with Gasteiger partial charge in [-0.2, -0.15) is 4.31 Å². The van der Waals surface area contributed by atoms with E-state index in [1.807, 2.05) is 0 Å². The summed E-state index contributed by atoms with van der Waals surface area (Å²) in [6, 6.07) is 4.48. The first-order chi connectivity index (χ1) is 8.39. The lowest BCUT2D eigenvalue weighted by atomic mass is 10.0. The van der Waals surface area contributed by atoms with Crippen LogP contribution in [0.5, 0.6) is 5.75 Å². The van der Waals surface area contributed by atoms with Crippen molar-refractivity contribution in [3.05, 3.63) is 23.8 Å². The predicted molar refractivity (Wildman–Crippen MR) is 70.0 cm³/mol. The van der Waals surface area contributed by atoms with Gasteiger partial charge in [-0.25, -0.2) is 8.42 Å². The van der Waals surface area contributed by atoms with E-state index in [1.165, 1.54) is 10.4 Å². The van der Waals surface area contributed by atoms with Crippen molar-refractivity contribution in [2.24, 2.45) is 5.92 Å². The third-order valence-electron chi connectivity index (χ3n) is 3.29. The van der Waals surface area contributed by atoms with Crippen LogP contribution in [0.1, 0.15) is 25.3 Å². The molecule has 1 aliphatic rings. The summed E-state index contributed by atoms with van der Waals surface area (Å²) in [4.78, 5) is 0.189. The van der Waals surface area contributed by atoms with E-state index in [2.05, 4.69) is 6.92 Å². The molecule has 0 aromatic heterocycles. The number of hydrogen-bond acceptors (Lipinski definition) is 3. The first kappa shape index (κ1) is 13.4. The quantitative estimate of drug-likeness (QED) is 0.894. The fraction of sp³-hybridized carbons (Fsp3) is 0.538. The minimum absolute atomic E-state index is 0.00127. The van der Waals surface area contributed by atoms with Crippen molar-refractivity contribution < 1.29 is 13.5 Å². The number of hydrogen-bond donors (Lipinski definition) is 1. The molecule has 0 amide bonds. The molecule has 18 heavy (non-hydrogen) atoms. The van der Waals surface area contributed by atoms with Crippen molar-refractivity contribution in [2.45, 2.75) is 31.6 Å². The number of phenolic OH excluding ortho intramolecular Hbond substituents is 1. The van der Waals surface area contributed by atoms with Crippen molar-refractivity contribution in [2.75, 3.05) is 13.1 Å². The zero-order valence-corrected chi connectivity index (χ0v) is 11.6. The third-order valence-corrected chi connectivity index (χ3v) is 5.14. The average Bonchev–Trinajstić information content (AvgIpc) is 2.27. The molecule has 5 heteroatoms. The Kier molecular flexibility index (Phi) is 3.64. The minimum Gasteiger partial charge on any atom is -0.508 e. The molecule has 0 bridgehead atoms. The van der Waals surface area contributed by atoms with Crippen molar-refractivity contribution in [1.82, 2.24) is 4.31 Å². The molecule has 4 nitrogen and oxygen atoms in total. The molecule has 1 heterocycles. The normalized spacial score (nSPS) is 22.0. The molecule has 1 unspecified atom stereocenters. The maximum atomic E-state index is 12.5. The number of aryl methyl sites for hydroxylation is 1. The molecule has 1 saturated heterocycles. The van der Waals surface area contributed by atoms with Crippen molar-refractivity contribution >= 4 is 10.0 Å². The number of nitrogens with zero attached hydrogens (tertiary/aromatic N) is 1. The van der Waals surface area contributed by atoms with Crippen molar-refractivity contribution in [1.29, 1.82) is 0 Å². The van der Waals surface area contributed by atoms with Crippen LogP contribution in [0.25, 0.3) is 0 Å². The summed E-state index contributed by atoms with van der Waals surface area (Å²) in [6.45, 7) is 4.98. The molecule has 2 rings (SSSR count). The first-order valence-electron chi connectivity index (χ1n) is 6.20. The van der Waals surface area contributed by atoms with Crippen molar-refractivity contribution in [3.8, 4) is 5.75 Å². The van der Waals surface area contributed by atoms with Crippen LogP contribution in [-0.4, -0.2) is 30.9 Å². The molecule has 1 aromatic rings. The minimum atomic E-state index is -3.47. The molecule has 0 saturated carbocycles. The number of benzene rings is 1. The molecule has 0 spiro atoms. The number of piperidine rings is 1. The smallest absolute Gasteiger partial charge is 0.243 e. The van der Waals surface area contributed by atoms with Gasteiger partial charge in [-0.05, 0) is 49.4 Å². The maximum Gasteiger partial charge on any atom is 0.243 e. The Balaban J connectivity index is 2.35. The fourth-order valence-corrected chi connectivity index (χ4v) is 4.11. The van der Waals surface area contributed by atoms with E-state index in [-0.39, 0.29) is 10.6 Å². The Hall–Kier alpha value is -1.07. The third kappa shape index (κ3) is 2.67. The SMILES string of the molecule is Cc1cc(O)cc(S(=O)(=O)N2CCCC(C)C2)c1. The predicted octanol–water partition coefficient (Wildman–Crippen LogP) is 2.12. The van der Waals surface area contributed by atoms with E-state index in [4.69, 9.17) is 0 Å². The Morgan fingerprint density at radius 2 is 2.06 bits per heavy atom. The maximum absolute atomic E-state index is 12.5. The van der Waals surface area contributed by atoms with Gasteiger partial charge in [0.15, 0.2) is 0 Å². The van der Waals surface area contributed by atoms with Gasteiger partial charge in [0.1, 0.15) is 5.75 Å². The topological polar surface area (TPSA) is 57.6 Å². The highest BCUT2D eigenvalue weighted by molar-refractivity contribution is 7.89. The summed E-state index contributed by atoms with van der Waals surface area (Å²) in [5, 5.41) is 9.52. The van der Waals surface area contributed by atoms with Gasteiger partial charge in [0.05, 0.1) is 4.90 Å². The van der Waals surface area contributed by atoms with Gasteiger partial charge in [0.2, 0.25) is 10.0 Å². The van der Waals surface area contributed by atoms with Crippen LogP contribution >= 0.6 is 0 Å². The lowest BCUT2D eigenvalue weighted by molar-refractivity contribution is 0.281. The first-order valence-corrected chi connectivity index (χ1v) is 7.64. The largest absolute Gasteiger partial charge is 0.508 e. The Bertz CT molecular complexity index is 519. The van der Waals surface area contributed by atoms with Crippen LogP contribution in [0.2, 0.25) is 0 Å². The molecule has 1 fully saturated rings. The van der Waals surface area contributed by atoms with E-state index < -0.39 is 10.0 Å². The van der Waals surface area contributed by atoms with Crippen LogP contribution in [0.15, 0.2) is 23.1 Å². The second kappa shape index (κ2) is 4.90. The zero-order valence-electron chi connectivity index (χ0n) is 10.8. The van der Waals surface area contributed by atoms with Crippen LogP contribution in [0, 0.1) is 12.8 Å². The molecule has 0 radical (unpaired) electrons. The standard InChI is InChI=1S/C13H19NO3S/c1-10-4-3-5-14(9-10)18(16,17)13-7-11(2)6-12(15)8-13/h6-8,10,15H,3-5,9H2,1-2H3. The van der Waals surface area contributed by atoms with E-state index in [0.29, 0.717) is 19.0 Å². The molecule has 0 aliphatic carbocycles. The van der Waals surface area contributed by atoms with Gasteiger partial charge < -0.3 is 5.11 Å². The van der Waals surface area contributed by atoms with Crippen LogP contribution < -0.4 is 0 Å². The van der Waals surface area contributed by atoms with Crippen molar-refractivity contribution in [3.63, 3.8) is 0 Å². The molecule has 100 valence electrons. The Morgan fingerprint density at radius 3 is 2.67 bits per heavy atom. The fourth-order valence-electron chi connectivity index (χ4n) is 2.39. The average molecular weight is 269 g/mol. The summed E-state index contributed by atoms with van der Waals surface area (Å²) >= 11 is 0. The molecule has 1 aliphatic heterocycles. The Labute approximate surface area is 108 Å². The highest BCUT2D eigenvalue weighted by Gasteiger charge is 2.28. The molecule has 1 aromatic carbocycles. The molecular weight excluding hydrogens is 250 g/mol. The summed E-state index contributed by atoms with van der Waals surface area (Å²) < 4.78 is 26.4. The van der Waals surface area contributed by atoms with E-state index >= 15 is 0 Å². The number of rotatable bonds is 2. The number of phenols is 1. The second-order valence-electron chi connectivity index (χ2n) is 5.11. The molecule has 1 atom stereocenters. The van der Waals surface area contributed by atoms with Crippen LogP contribution in [-0.2, 0) is 10.0 Å². The highest BCUT2D eigenvalue weighted by atomic mass is 32.2. The van der Waals surface area contributed by atoms with Crippen LogP contribution in [0.4, 0.5) is 0 Å². The number of sulfonamides is 1. The Morgan fingerprint density at radius 1 is 1.33 bits per heavy atom. The van der Waals surface area contributed by atoms with Gasteiger partial charge in [-0.15, -0.1) is 0 Å². The second-order valence-corrected chi connectivity index (χ2v) is 7.05. The van der Waals surface area contributed by atoms with E-state index in [1.54, 1.807) is 19.1 Å². The highest BCUT2D eigenvalue weighted by Crippen LogP contribution is 2.26. The van der Waals surface area contributed by atoms with Gasteiger partial charge in [0.25, 0.3) is 0 Å². The summed E-state index contributed by atoms with van der Waals surface area (Å²) in [7, 11) is -3.47. The lowest BCUT2D eigenvalue weighted by Crippen LogP contribution is -2.39. The van der Waals surface area contributed by atoms with Gasteiger partial charge >= 0.3 is 0 Å². The summed E-state index contributed by atoms with van der Waals surface area (Å²) in [6.07, 6.45) is 1.98. The van der Waals surface area contributed by atoms with E-state index in [0.717, 1.165) is 18.4 Å². The van der Waals surface area contributed by atoms with Gasteiger partial charge in [-0.3, -0.25) is 0 Å². The monoisotopic (exact) mass is 269 g/mol. The van der Waals surface area contributed by atoms with Crippen LogP contribution in [0.3, 0.4) is 0 Å². The van der Waals surface area contributed by atoms with Gasteiger partial charge in [-0.1, -0.05) is 6.92 Å². The molecular formula is C13H19NO3S. The zero-order chi connectivity index (χ0) is 13.3. The summed E-state index contributed by atoms with van der Waals surface area (Å²) in [5.41, 5.74) is 0.749. The van der Waals surface area contributed by atoms with Gasteiger partial charge in [0, 0.05) is 13.1 Å². The lowest BCUT2D eigenvalue weighted by Gasteiger charge is -2.30. The number of aromatic hydroxyl groups is 1. The summed E-state index contributed by atoms with van der Waals surface area (Å²) in [5.74, 6) is 0.394. The van der Waals surface area contributed by atoms with E-state index in [9.17, 15) is 13.5 Å².